The van der Waals surface area contributed by atoms with Gasteiger partial charge in [0.25, 0.3) is 5.91 Å². The summed E-state index contributed by atoms with van der Waals surface area (Å²) in [5.41, 5.74) is -0.466. The Morgan fingerprint density at radius 2 is 1.67 bits per heavy atom. The third kappa shape index (κ3) is 3.28. The monoisotopic (exact) mass is 255 g/mol. The summed E-state index contributed by atoms with van der Waals surface area (Å²) in [7, 11) is 0. The third-order valence-corrected chi connectivity index (χ3v) is 2.62. The van der Waals surface area contributed by atoms with E-state index in [1.54, 1.807) is 0 Å². The van der Waals surface area contributed by atoms with E-state index in [0.717, 1.165) is 12.1 Å². The van der Waals surface area contributed by atoms with E-state index in [1.807, 2.05) is 27.7 Å². The molecule has 0 saturated heterocycles. The summed E-state index contributed by atoms with van der Waals surface area (Å²) in [4.78, 5) is 13.7. The van der Waals surface area contributed by atoms with E-state index < -0.39 is 23.1 Å². The van der Waals surface area contributed by atoms with Crippen LogP contribution in [0, 0.1) is 17.6 Å². The van der Waals surface area contributed by atoms with Gasteiger partial charge in [0.1, 0.15) is 17.2 Å². The molecule has 0 unspecified atom stereocenters. The van der Waals surface area contributed by atoms with Crippen molar-refractivity contribution in [3.63, 3.8) is 0 Å². The van der Waals surface area contributed by atoms with Gasteiger partial charge in [-0.15, -0.1) is 0 Å². The minimum atomic E-state index is -0.811. The fraction of sp³-hybridized carbons (Fsp3) is 0.500. The highest BCUT2D eigenvalue weighted by molar-refractivity contribution is 5.95. The molecule has 1 rings (SSSR count). The van der Waals surface area contributed by atoms with E-state index >= 15 is 0 Å². The van der Waals surface area contributed by atoms with Gasteiger partial charge in [0.05, 0.1) is 0 Å². The molecule has 4 heteroatoms. The van der Waals surface area contributed by atoms with Crippen LogP contribution in [0.5, 0.6) is 0 Å². The third-order valence-electron chi connectivity index (χ3n) is 2.62. The second-order valence-electron chi connectivity index (χ2n) is 5.04. The van der Waals surface area contributed by atoms with Crippen molar-refractivity contribution in [2.45, 2.75) is 33.7 Å². The van der Waals surface area contributed by atoms with Crippen molar-refractivity contribution in [2.75, 3.05) is 6.54 Å². The molecule has 0 spiro atoms. The minimum Gasteiger partial charge on any atom is -0.336 e. The predicted octanol–water partition coefficient (Wildman–Crippen LogP) is 3.47. The van der Waals surface area contributed by atoms with E-state index in [2.05, 4.69) is 0 Å². The molecule has 1 amide bonds. The lowest BCUT2D eigenvalue weighted by atomic mass is 10.1. The predicted molar refractivity (Wildman–Crippen MR) is 67.4 cm³/mol. The molecule has 0 aliphatic heterocycles. The number of hydrogen-bond donors (Lipinski definition) is 0. The van der Waals surface area contributed by atoms with Gasteiger partial charge in [-0.1, -0.05) is 19.9 Å². The molecule has 0 N–H and O–H groups in total. The summed E-state index contributed by atoms with van der Waals surface area (Å²) in [6, 6.07) is 3.36. The number of rotatable bonds is 4. The quantitative estimate of drug-likeness (QED) is 0.806. The number of carbonyl (C=O) groups is 1. The first-order valence-corrected chi connectivity index (χ1v) is 6.09. The first-order valence-electron chi connectivity index (χ1n) is 6.09. The van der Waals surface area contributed by atoms with E-state index in [0.29, 0.717) is 6.54 Å². The molecule has 0 radical (unpaired) electrons. The molecule has 0 fully saturated rings. The Kier molecular flexibility index (Phi) is 4.82. The second-order valence-corrected chi connectivity index (χ2v) is 5.04. The zero-order valence-electron chi connectivity index (χ0n) is 11.2. The molecule has 0 aliphatic rings. The molecular weight excluding hydrogens is 236 g/mol. The normalized spacial score (nSPS) is 11.1. The van der Waals surface area contributed by atoms with Crippen molar-refractivity contribution in [3.05, 3.63) is 35.4 Å². The molecule has 100 valence electrons. The van der Waals surface area contributed by atoms with Gasteiger partial charge in [-0.2, -0.15) is 0 Å². The van der Waals surface area contributed by atoms with Crippen molar-refractivity contribution in [2.24, 2.45) is 5.92 Å². The highest BCUT2D eigenvalue weighted by atomic mass is 19.1. The van der Waals surface area contributed by atoms with E-state index in [-0.39, 0.29) is 12.0 Å². The SMILES string of the molecule is CC(C)CN(C(=O)c1c(F)cccc1F)C(C)C. The van der Waals surface area contributed by atoms with Crippen LogP contribution < -0.4 is 0 Å². The Labute approximate surface area is 107 Å². The second kappa shape index (κ2) is 5.94. The van der Waals surface area contributed by atoms with Crippen molar-refractivity contribution < 1.29 is 13.6 Å². The summed E-state index contributed by atoms with van der Waals surface area (Å²) in [6.07, 6.45) is 0. The van der Waals surface area contributed by atoms with Crippen LogP contribution in [-0.4, -0.2) is 23.4 Å². The first-order chi connectivity index (χ1) is 8.34. The van der Waals surface area contributed by atoms with Crippen LogP contribution in [0.3, 0.4) is 0 Å². The van der Waals surface area contributed by atoms with Crippen LogP contribution in [0.2, 0.25) is 0 Å². The molecule has 1 aromatic rings. The Hall–Kier alpha value is -1.45. The lowest BCUT2D eigenvalue weighted by molar-refractivity contribution is 0.0672. The Morgan fingerprint density at radius 3 is 2.06 bits per heavy atom. The average Bonchev–Trinajstić information content (AvgIpc) is 2.24. The maximum atomic E-state index is 13.6. The summed E-state index contributed by atoms with van der Waals surface area (Å²) >= 11 is 0. The zero-order chi connectivity index (χ0) is 13.9. The van der Waals surface area contributed by atoms with Gasteiger partial charge < -0.3 is 4.90 Å². The number of amides is 1. The average molecular weight is 255 g/mol. The Balaban J connectivity index is 3.10. The first kappa shape index (κ1) is 14.6. The van der Waals surface area contributed by atoms with Crippen LogP contribution in [0.15, 0.2) is 18.2 Å². The van der Waals surface area contributed by atoms with E-state index in [9.17, 15) is 13.6 Å². The minimum absolute atomic E-state index is 0.0982. The fourth-order valence-corrected chi connectivity index (χ4v) is 1.77. The lowest BCUT2D eigenvalue weighted by Gasteiger charge is -2.28. The highest BCUT2D eigenvalue weighted by Gasteiger charge is 2.25. The fourth-order valence-electron chi connectivity index (χ4n) is 1.77. The van der Waals surface area contributed by atoms with E-state index in [1.165, 1.54) is 11.0 Å². The topological polar surface area (TPSA) is 20.3 Å². The number of halogens is 2. The zero-order valence-corrected chi connectivity index (χ0v) is 11.2. The molecule has 1 aromatic carbocycles. The van der Waals surface area contributed by atoms with Gasteiger partial charge in [-0.05, 0) is 31.9 Å². The van der Waals surface area contributed by atoms with Crippen molar-refractivity contribution in [3.8, 4) is 0 Å². The van der Waals surface area contributed by atoms with Crippen LogP contribution >= 0.6 is 0 Å². The van der Waals surface area contributed by atoms with Crippen LogP contribution in [0.25, 0.3) is 0 Å². The smallest absolute Gasteiger partial charge is 0.260 e. The number of carbonyl (C=O) groups excluding carboxylic acids is 1. The summed E-state index contributed by atoms with van der Waals surface area (Å²) in [6.45, 7) is 8.06. The molecule has 18 heavy (non-hydrogen) atoms. The van der Waals surface area contributed by atoms with Crippen molar-refractivity contribution in [1.29, 1.82) is 0 Å². The lowest BCUT2D eigenvalue weighted by Crippen LogP contribution is -2.40. The van der Waals surface area contributed by atoms with Crippen LogP contribution in [0.1, 0.15) is 38.1 Å². The molecule has 0 aliphatic carbocycles. The molecule has 0 heterocycles. The largest absolute Gasteiger partial charge is 0.336 e. The molecule has 0 saturated carbocycles. The number of hydrogen-bond acceptors (Lipinski definition) is 1. The molecule has 0 bridgehead atoms. The van der Waals surface area contributed by atoms with Gasteiger partial charge in [0.2, 0.25) is 0 Å². The van der Waals surface area contributed by atoms with Crippen LogP contribution in [-0.2, 0) is 0 Å². The number of benzene rings is 1. The summed E-state index contributed by atoms with van der Waals surface area (Å²) in [5.74, 6) is -1.97. The van der Waals surface area contributed by atoms with Gasteiger partial charge in [-0.25, -0.2) is 8.78 Å². The molecular formula is C14H19F2NO. The maximum absolute atomic E-state index is 13.6. The Bertz CT molecular complexity index is 410. The molecule has 0 atom stereocenters. The van der Waals surface area contributed by atoms with Gasteiger partial charge in [-0.3, -0.25) is 4.79 Å². The van der Waals surface area contributed by atoms with Crippen molar-refractivity contribution >= 4 is 5.91 Å². The summed E-state index contributed by atoms with van der Waals surface area (Å²) < 4.78 is 27.1. The van der Waals surface area contributed by atoms with Gasteiger partial charge in [0, 0.05) is 12.6 Å². The van der Waals surface area contributed by atoms with Crippen LogP contribution in [0.4, 0.5) is 8.78 Å². The summed E-state index contributed by atoms with van der Waals surface area (Å²) in [5, 5.41) is 0. The van der Waals surface area contributed by atoms with Gasteiger partial charge >= 0.3 is 0 Å². The maximum Gasteiger partial charge on any atom is 0.260 e. The standard InChI is InChI=1S/C14H19F2NO/c1-9(2)8-17(10(3)4)14(18)13-11(15)6-5-7-12(13)16/h5-7,9-10H,8H2,1-4H3. The highest BCUT2D eigenvalue weighted by Crippen LogP contribution is 2.17. The van der Waals surface area contributed by atoms with Gasteiger partial charge in [0.15, 0.2) is 0 Å². The van der Waals surface area contributed by atoms with Crippen molar-refractivity contribution in [1.82, 2.24) is 4.90 Å². The number of nitrogens with zero attached hydrogens (tertiary/aromatic N) is 1. The Morgan fingerprint density at radius 1 is 1.17 bits per heavy atom. The molecule has 0 aromatic heterocycles. The molecule has 2 nitrogen and oxygen atoms in total. The van der Waals surface area contributed by atoms with E-state index in [4.69, 9.17) is 0 Å².